The van der Waals surface area contributed by atoms with Crippen molar-refractivity contribution in [1.29, 1.82) is 0 Å². The molecular weight excluding hydrogens is 174 g/mol. The van der Waals surface area contributed by atoms with Crippen LogP contribution in [0.1, 0.15) is 45.4 Å². The first-order valence-electron chi connectivity index (χ1n) is 6.08. The Labute approximate surface area is 86.5 Å². The van der Waals surface area contributed by atoms with Gasteiger partial charge in [-0.05, 0) is 24.2 Å². The molecule has 1 saturated carbocycles. The summed E-state index contributed by atoms with van der Waals surface area (Å²) in [4.78, 5) is 11.2. The number of carbonyl (C=O) groups is 1. The largest absolute Gasteiger partial charge is 0.356 e. The van der Waals surface area contributed by atoms with Crippen molar-refractivity contribution in [3.63, 3.8) is 0 Å². The van der Waals surface area contributed by atoms with E-state index >= 15 is 0 Å². The highest BCUT2D eigenvalue weighted by atomic mass is 16.1. The molecule has 3 unspecified atom stereocenters. The molecule has 2 nitrogen and oxygen atoms in total. The molecule has 0 aromatic heterocycles. The first-order valence-corrected chi connectivity index (χ1v) is 6.08. The molecule has 2 aliphatic rings. The van der Waals surface area contributed by atoms with Gasteiger partial charge >= 0.3 is 0 Å². The van der Waals surface area contributed by atoms with Crippen LogP contribution in [0.15, 0.2) is 0 Å². The van der Waals surface area contributed by atoms with Gasteiger partial charge in [0.2, 0.25) is 5.91 Å². The molecule has 3 atom stereocenters. The Kier molecular flexibility index (Phi) is 3.09. The van der Waals surface area contributed by atoms with Gasteiger partial charge in [0.15, 0.2) is 0 Å². The Bertz CT molecular complexity index is 214. The highest BCUT2D eigenvalue weighted by molar-refractivity contribution is 5.78. The third kappa shape index (κ3) is 1.94. The van der Waals surface area contributed by atoms with E-state index < -0.39 is 0 Å². The molecule has 2 fully saturated rings. The Morgan fingerprint density at radius 3 is 2.79 bits per heavy atom. The number of nitrogens with one attached hydrogen (secondary N) is 1. The van der Waals surface area contributed by atoms with E-state index in [1.807, 2.05) is 0 Å². The number of amides is 1. The summed E-state index contributed by atoms with van der Waals surface area (Å²) < 4.78 is 0. The fourth-order valence-corrected chi connectivity index (χ4v) is 3.29. The summed E-state index contributed by atoms with van der Waals surface area (Å²) in [7, 11) is 0. The molecule has 1 amide bonds. The van der Waals surface area contributed by atoms with E-state index in [9.17, 15) is 4.79 Å². The molecule has 0 aromatic rings. The summed E-state index contributed by atoms with van der Waals surface area (Å²) in [5.41, 5.74) is 0. The average Bonchev–Trinajstić information content (AvgIpc) is 2.65. The summed E-state index contributed by atoms with van der Waals surface area (Å²) in [5.74, 6) is 2.64. The van der Waals surface area contributed by atoms with Crippen molar-refractivity contribution < 1.29 is 4.79 Å². The Balaban J connectivity index is 1.96. The molecular formula is C12H21NO. The highest BCUT2D eigenvalue weighted by Gasteiger charge is 2.34. The third-order valence-electron chi connectivity index (χ3n) is 4.11. The molecule has 0 radical (unpaired) electrons. The van der Waals surface area contributed by atoms with Gasteiger partial charge in [-0.1, -0.05) is 32.6 Å². The zero-order valence-electron chi connectivity index (χ0n) is 9.09. The second-order valence-electron chi connectivity index (χ2n) is 4.88. The lowest BCUT2D eigenvalue weighted by Crippen LogP contribution is -2.28. The molecule has 14 heavy (non-hydrogen) atoms. The van der Waals surface area contributed by atoms with Crippen LogP contribution in [0.2, 0.25) is 0 Å². The summed E-state index contributed by atoms with van der Waals surface area (Å²) in [6, 6.07) is 0. The maximum absolute atomic E-state index is 11.2. The highest BCUT2D eigenvalue weighted by Crippen LogP contribution is 2.39. The lowest BCUT2D eigenvalue weighted by Gasteiger charge is -2.34. The molecule has 1 aliphatic heterocycles. The number of rotatable bonds is 2. The number of carbonyl (C=O) groups excluding carboxylic acids is 1. The monoisotopic (exact) mass is 195 g/mol. The van der Waals surface area contributed by atoms with Crippen molar-refractivity contribution in [3.05, 3.63) is 0 Å². The second-order valence-corrected chi connectivity index (χ2v) is 4.88. The van der Waals surface area contributed by atoms with Gasteiger partial charge in [0.05, 0.1) is 0 Å². The predicted octanol–water partition coefficient (Wildman–Crippen LogP) is 2.34. The van der Waals surface area contributed by atoms with E-state index in [1.54, 1.807) is 0 Å². The van der Waals surface area contributed by atoms with E-state index in [0.717, 1.165) is 24.8 Å². The minimum Gasteiger partial charge on any atom is -0.356 e. The Morgan fingerprint density at radius 1 is 1.36 bits per heavy atom. The normalized spacial score (nSPS) is 38.4. The maximum atomic E-state index is 11.2. The van der Waals surface area contributed by atoms with Crippen LogP contribution >= 0.6 is 0 Å². The first kappa shape index (κ1) is 10.0. The number of hydrogen-bond acceptors (Lipinski definition) is 1. The van der Waals surface area contributed by atoms with Gasteiger partial charge in [-0.25, -0.2) is 0 Å². The lowest BCUT2D eigenvalue weighted by molar-refractivity contribution is -0.119. The van der Waals surface area contributed by atoms with Crippen LogP contribution in [0.5, 0.6) is 0 Å². The maximum Gasteiger partial charge on any atom is 0.220 e. The van der Waals surface area contributed by atoms with Gasteiger partial charge in [-0.15, -0.1) is 0 Å². The molecule has 80 valence electrons. The number of hydrogen-bond donors (Lipinski definition) is 1. The summed E-state index contributed by atoms with van der Waals surface area (Å²) in [6.07, 6.45) is 7.63. The van der Waals surface area contributed by atoms with Crippen LogP contribution in [0.3, 0.4) is 0 Å². The molecule has 1 heterocycles. The van der Waals surface area contributed by atoms with Crippen LogP contribution in [0.25, 0.3) is 0 Å². The topological polar surface area (TPSA) is 29.1 Å². The van der Waals surface area contributed by atoms with Gasteiger partial charge < -0.3 is 5.32 Å². The van der Waals surface area contributed by atoms with E-state index in [1.165, 1.54) is 32.1 Å². The SMILES string of the molecule is CCC1CCCCC1C1CNC(=O)C1. The molecule has 0 bridgehead atoms. The molecule has 1 aliphatic carbocycles. The minimum atomic E-state index is 0.274. The van der Waals surface area contributed by atoms with Gasteiger partial charge in [0.1, 0.15) is 0 Å². The predicted molar refractivity (Wildman–Crippen MR) is 56.9 cm³/mol. The fraction of sp³-hybridized carbons (Fsp3) is 0.917. The summed E-state index contributed by atoms with van der Waals surface area (Å²) in [6.45, 7) is 3.24. The Hall–Kier alpha value is -0.530. The van der Waals surface area contributed by atoms with Gasteiger partial charge in [0, 0.05) is 13.0 Å². The van der Waals surface area contributed by atoms with Gasteiger partial charge in [-0.2, -0.15) is 0 Å². The van der Waals surface area contributed by atoms with E-state index in [-0.39, 0.29) is 5.91 Å². The van der Waals surface area contributed by atoms with Gasteiger partial charge in [-0.3, -0.25) is 4.79 Å². The van der Waals surface area contributed by atoms with Gasteiger partial charge in [0.25, 0.3) is 0 Å². The standard InChI is InChI=1S/C12H21NO/c1-2-9-5-3-4-6-11(9)10-7-12(14)13-8-10/h9-11H,2-8H2,1H3,(H,13,14). The zero-order chi connectivity index (χ0) is 9.97. The van der Waals surface area contributed by atoms with Crippen molar-refractivity contribution in [2.24, 2.45) is 17.8 Å². The minimum absolute atomic E-state index is 0.274. The van der Waals surface area contributed by atoms with Crippen molar-refractivity contribution >= 4 is 5.91 Å². The lowest BCUT2D eigenvalue weighted by atomic mass is 9.71. The van der Waals surface area contributed by atoms with Crippen LogP contribution in [0, 0.1) is 17.8 Å². The Morgan fingerprint density at radius 2 is 2.14 bits per heavy atom. The van der Waals surface area contributed by atoms with E-state index in [0.29, 0.717) is 5.92 Å². The molecule has 2 rings (SSSR count). The fourth-order valence-electron chi connectivity index (χ4n) is 3.29. The molecule has 2 heteroatoms. The van der Waals surface area contributed by atoms with Crippen molar-refractivity contribution in [3.8, 4) is 0 Å². The third-order valence-corrected chi connectivity index (χ3v) is 4.11. The average molecular weight is 195 g/mol. The molecule has 0 spiro atoms. The van der Waals surface area contributed by atoms with Crippen molar-refractivity contribution in [2.75, 3.05) is 6.54 Å². The van der Waals surface area contributed by atoms with Crippen molar-refractivity contribution in [1.82, 2.24) is 5.32 Å². The van der Waals surface area contributed by atoms with Crippen LogP contribution < -0.4 is 5.32 Å². The summed E-state index contributed by atoms with van der Waals surface area (Å²) in [5, 5.41) is 2.97. The van der Waals surface area contributed by atoms with E-state index in [2.05, 4.69) is 12.2 Å². The van der Waals surface area contributed by atoms with E-state index in [4.69, 9.17) is 0 Å². The quantitative estimate of drug-likeness (QED) is 0.720. The smallest absolute Gasteiger partial charge is 0.220 e. The van der Waals surface area contributed by atoms with Crippen molar-refractivity contribution in [2.45, 2.75) is 45.4 Å². The van der Waals surface area contributed by atoms with Crippen LogP contribution in [-0.4, -0.2) is 12.5 Å². The first-order chi connectivity index (χ1) is 6.81. The molecule has 1 N–H and O–H groups in total. The van der Waals surface area contributed by atoms with Crippen LogP contribution in [-0.2, 0) is 4.79 Å². The second kappa shape index (κ2) is 4.33. The zero-order valence-corrected chi connectivity index (χ0v) is 9.09. The van der Waals surface area contributed by atoms with Crippen LogP contribution in [0.4, 0.5) is 0 Å². The molecule has 0 aromatic carbocycles. The molecule has 1 saturated heterocycles. The summed E-state index contributed by atoms with van der Waals surface area (Å²) >= 11 is 0.